The van der Waals surface area contributed by atoms with Gasteiger partial charge in [-0.1, -0.05) is 19.4 Å². The third-order valence-corrected chi connectivity index (χ3v) is 4.46. The highest BCUT2D eigenvalue weighted by Crippen LogP contribution is 2.24. The highest BCUT2D eigenvalue weighted by atomic mass is 15.2. The molecule has 1 aliphatic heterocycles. The van der Waals surface area contributed by atoms with Crippen molar-refractivity contribution in [1.29, 1.82) is 0 Å². The predicted octanol–water partition coefficient (Wildman–Crippen LogP) is 2.96. The molecule has 2 aliphatic rings. The molecule has 1 N–H and O–H groups in total. The Labute approximate surface area is 116 Å². The van der Waals surface area contributed by atoms with E-state index in [4.69, 9.17) is 4.98 Å². The molecule has 3 heteroatoms. The van der Waals surface area contributed by atoms with Crippen LogP contribution in [-0.4, -0.2) is 24.1 Å². The van der Waals surface area contributed by atoms with E-state index in [2.05, 4.69) is 35.3 Å². The van der Waals surface area contributed by atoms with Gasteiger partial charge < -0.3 is 10.2 Å². The first-order chi connectivity index (χ1) is 9.35. The highest BCUT2D eigenvalue weighted by Gasteiger charge is 2.21. The van der Waals surface area contributed by atoms with Gasteiger partial charge in [0.25, 0.3) is 0 Å². The van der Waals surface area contributed by atoms with Crippen molar-refractivity contribution in [2.45, 2.75) is 51.6 Å². The minimum Gasteiger partial charge on any atom is -0.357 e. The van der Waals surface area contributed by atoms with Gasteiger partial charge in [0.2, 0.25) is 0 Å². The van der Waals surface area contributed by atoms with Crippen LogP contribution >= 0.6 is 0 Å². The van der Waals surface area contributed by atoms with Crippen molar-refractivity contribution in [2.24, 2.45) is 5.92 Å². The first kappa shape index (κ1) is 12.9. The van der Waals surface area contributed by atoms with Crippen LogP contribution in [0.25, 0.3) is 0 Å². The average molecular weight is 259 g/mol. The lowest BCUT2D eigenvalue weighted by Gasteiger charge is -2.32. The van der Waals surface area contributed by atoms with Crippen LogP contribution in [0.2, 0.25) is 0 Å². The molecule has 1 saturated heterocycles. The summed E-state index contributed by atoms with van der Waals surface area (Å²) in [5, 5.41) is 3.54. The Kier molecular flexibility index (Phi) is 4.02. The summed E-state index contributed by atoms with van der Waals surface area (Å²) in [4.78, 5) is 7.26. The van der Waals surface area contributed by atoms with Gasteiger partial charge in [-0.05, 0) is 43.7 Å². The smallest absolute Gasteiger partial charge is 0.128 e. The number of rotatable bonds is 5. The zero-order chi connectivity index (χ0) is 13.1. The molecular weight excluding hydrogens is 234 g/mol. The molecule has 1 saturated carbocycles. The summed E-state index contributed by atoms with van der Waals surface area (Å²) >= 11 is 0. The molecule has 1 aromatic heterocycles. The monoisotopic (exact) mass is 259 g/mol. The van der Waals surface area contributed by atoms with Gasteiger partial charge in [-0.15, -0.1) is 0 Å². The molecule has 0 aromatic carbocycles. The summed E-state index contributed by atoms with van der Waals surface area (Å²) in [6, 6.07) is 7.20. The molecule has 0 radical (unpaired) electrons. The van der Waals surface area contributed by atoms with E-state index >= 15 is 0 Å². The molecule has 1 aliphatic carbocycles. The molecule has 0 amide bonds. The second-order valence-corrected chi connectivity index (χ2v) is 5.98. The third-order valence-electron chi connectivity index (χ3n) is 4.46. The Morgan fingerprint density at radius 1 is 1.21 bits per heavy atom. The minimum atomic E-state index is 0.755. The number of hydrogen-bond acceptors (Lipinski definition) is 3. The Hall–Kier alpha value is -1.09. The molecule has 104 valence electrons. The molecular formula is C16H25N3. The topological polar surface area (TPSA) is 28.2 Å². The van der Waals surface area contributed by atoms with Gasteiger partial charge in [-0.25, -0.2) is 4.98 Å². The quantitative estimate of drug-likeness (QED) is 0.881. The zero-order valence-corrected chi connectivity index (χ0v) is 11.9. The van der Waals surface area contributed by atoms with Crippen molar-refractivity contribution in [3.8, 4) is 0 Å². The van der Waals surface area contributed by atoms with Crippen LogP contribution in [-0.2, 0) is 6.54 Å². The maximum Gasteiger partial charge on any atom is 0.128 e. The van der Waals surface area contributed by atoms with Crippen molar-refractivity contribution in [2.75, 3.05) is 18.0 Å². The molecule has 3 rings (SSSR count). The fraction of sp³-hybridized carbons (Fsp3) is 0.688. The SMILES string of the molecule is CCC1CCN(c2cccc(CNC3CC3)n2)CC1. The summed E-state index contributed by atoms with van der Waals surface area (Å²) in [5.74, 6) is 2.10. The van der Waals surface area contributed by atoms with E-state index in [1.54, 1.807) is 0 Å². The van der Waals surface area contributed by atoms with Gasteiger partial charge in [0.1, 0.15) is 5.82 Å². The molecule has 2 fully saturated rings. The molecule has 0 atom stereocenters. The fourth-order valence-electron chi connectivity index (χ4n) is 2.85. The summed E-state index contributed by atoms with van der Waals surface area (Å²) in [5.41, 5.74) is 1.18. The van der Waals surface area contributed by atoms with E-state index in [1.807, 2.05) is 0 Å². The van der Waals surface area contributed by atoms with E-state index < -0.39 is 0 Å². The normalized spacial score (nSPS) is 20.8. The van der Waals surface area contributed by atoms with Crippen molar-refractivity contribution >= 4 is 5.82 Å². The van der Waals surface area contributed by atoms with E-state index in [0.717, 1.165) is 18.5 Å². The largest absolute Gasteiger partial charge is 0.357 e. The molecule has 1 aromatic rings. The van der Waals surface area contributed by atoms with Crippen molar-refractivity contribution in [1.82, 2.24) is 10.3 Å². The van der Waals surface area contributed by atoms with Gasteiger partial charge in [0.05, 0.1) is 5.69 Å². The van der Waals surface area contributed by atoms with Gasteiger partial charge in [0, 0.05) is 25.7 Å². The summed E-state index contributed by atoms with van der Waals surface area (Å²) in [7, 11) is 0. The number of piperidine rings is 1. The van der Waals surface area contributed by atoms with E-state index in [9.17, 15) is 0 Å². The number of pyridine rings is 1. The van der Waals surface area contributed by atoms with Gasteiger partial charge in [-0.3, -0.25) is 0 Å². The maximum absolute atomic E-state index is 4.81. The maximum atomic E-state index is 4.81. The van der Waals surface area contributed by atoms with Crippen LogP contribution in [0.4, 0.5) is 5.82 Å². The second-order valence-electron chi connectivity index (χ2n) is 5.98. The summed E-state index contributed by atoms with van der Waals surface area (Å²) in [6.45, 7) is 5.57. The number of nitrogens with zero attached hydrogens (tertiary/aromatic N) is 2. The van der Waals surface area contributed by atoms with E-state index in [0.29, 0.717) is 0 Å². The number of anilines is 1. The second kappa shape index (κ2) is 5.91. The number of hydrogen-bond donors (Lipinski definition) is 1. The highest BCUT2D eigenvalue weighted by molar-refractivity contribution is 5.39. The zero-order valence-electron chi connectivity index (χ0n) is 11.9. The van der Waals surface area contributed by atoms with Crippen LogP contribution in [0.5, 0.6) is 0 Å². The van der Waals surface area contributed by atoms with Gasteiger partial charge in [0.15, 0.2) is 0 Å². The Morgan fingerprint density at radius 3 is 2.68 bits per heavy atom. The Balaban J connectivity index is 1.58. The van der Waals surface area contributed by atoms with Crippen LogP contribution < -0.4 is 10.2 Å². The fourth-order valence-corrected chi connectivity index (χ4v) is 2.85. The lowest BCUT2D eigenvalue weighted by atomic mass is 9.94. The molecule has 3 nitrogen and oxygen atoms in total. The predicted molar refractivity (Wildman–Crippen MR) is 79.3 cm³/mol. The molecule has 0 unspecified atom stereocenters. The van der Waals surface area contributed by atoms with E-state index in [1.165, 1.54) is 56.7 Å². The van der Waals surface area contributed by atoms with Crippen LogP contribution in [0.1, 0.15) is 44.7 Å². The lowest BCUT2D eigenvalue weighted by Crippen LogP contribution is -2.34. The first-order valence-electron chi connectivity index (χ1n) is 7.79. The Bertz CT molecular complexity index is 406. The van der Waals surface area contributed by atoms with Crippen LogP contribution in [0.15, 0.2) is 18.2 Å². The average Bonchev–Trinajstić information content (AvgIpc) is 3.30. The van der Waals surface area contributed by atoms with Gasteiger partial charge >= 0.3 is 0 Å². The standard InChI is InChI=1S/C16H25N3/c1-2-13-8-10-19(11-9-13)16-5-3-4-15(18-16)12-17-14-6-7-14/h3-5,13-14,17H,2,6-12H2,1H3. The number of nitrogens with one attached hydrogen (secondary N) is 1. The first-order valence-corrected chi connectivity index (χ1v) is 7.79. The molecule has 19 heavy (non-hydrogen) atoms. The van der Waals surface area contributed by atoms with Crippen molar-refractivity contribution in [3.63, 3.8) is 0 Å². The molecule has 0 bridgehead atoms. The summed E-state index contributed by atoms with van der Waals surface area (Å²) < 4.78 is 0. The third kappa shape index (κ3) is 3.47. The van der Waals surface area contributed by atoms with Crippen LogP contribution in [0.3, 0.4) is 0 Å². The lowest BCUT2D eigenvalue weighted by molar-refractivity contribution is 0.393. The van der Waals surface area contributed by atoms with Crippen molar-refractivity contribution < 1.29 is 0 Å². The molecule has 2 heterocycles. The molecule has 0 spiro atoms. The van der Waals surface area contributed by atoms with Crippen LogP contribution in [0, 0.1) is 5.92 Å². The number of aromatic nitrogens is 1. The van der Waals surface area contributed by atoms with Crippen molar-refractivity contribution in [3.05, 3.63) is 23.9 Å². The van der Waals surface area contributed by atoms with E-state index in [-0.39, 0.29) is 0 Å². The summed E-state index contributed by atoms with van der Waals surface area (Å²) in [6.07, 6.45) is 6.65. The Morgan fingerprint density at radius 2 is 2.00 bits per heavy atom. The van der Waals surface area contributed by atoms with Gasteiger partial charge in [-0.2, -0.15) is 0 Å². The minimum absolute atomic E-state index is 0.755.